The third-order valence-electron chi connectivity index (χ3n) is 6.79. The first-order valence-electron chi connectivity index (χ1n) is 13.5. The number of benzene rings is 1. The molecule has 0 saturated heterocycles. The van der Waals surface area contributed by atoms with Crippen LogP contribution in [-0.4, -0.2) is 63.0 Å². The van der Waals surface area contributed by atoms with Gasteiger partial charge in [0.1, 0.15) is 0 Å². The monoisotopic (exact) mass is 518 g/mol. The fourth-order valence-corrected chi connectivity index (χ4v) is 4.78. The summed E-state index contributed by atoms with van der Waals surface area (Å²) in [4.78, 5) is 36.5. The summed E-state index contributed by atoms with van der Waals surface area (Å²) in [6, 6.07) is 11.9. The number of anilines is 1. The maximum atomic E-state index is 13.5. The highest BCUT2D eigenvalue weighted by molar-refractivity contribution is 5.92. The molecular weight excluding hydrogens is 480 g/mol. The van der Waals surface area contributed by atoms with Crippen molar-refractivity contribution < 1.29 is 14.0 Å². The maximum Gasteiger partial charge on any atom is 0.223 e. The van der Waals surface area contributed by atoms with Gasteiger partial charge in [-0.1, -0.05) is 38.1 Å². The zero-order valence-corrected chi connectivity index (χ0v) is 22.7. The van der Waals surface area contributed by atoms with Gasteiger partial charge in [0, 0.05) is 83.0 Å². The summed E-state index contributed by atoms with van der Waals surface area (Å²) in [5, 5.41) is 8.19. The highest BCUT2D eigenvalue weighted by Gasteiger charge is 2.22. The molecule has 0 aliphatic carbocycles. The predicted octanol–water partition coefficient (Wildman–Crippen LogP) is 4.20. The molecule has 0 N–H and O–H groups in total. The van der Waals surface area contributed by atoms with E-state index in [0.29, 0.717) is 37.8 Å². The molecule has 4 rings (SSSR count). The summed E-state index contributed by atoms with van der Waals surface area (Å²) >= 11 is 0. The number of amides is 2. The lowest BCUT2D eigenvalue weighted by Crippen LogP contribution is -2.38. The van der Waals surface area contributed by atoms with Crippen molar-refractivity contribution in [3.8, 4) is 0 Å². The Balaban J connectivity index is 1.53. The average molecular weight is 519 g/mol. The van der Waals surface area contributed by atoms with E-state index in [4.69, 9.17) is 4.42 Å². The number of carbonyl (C=O) groups excluding carboxylic acids is 2. The molecule has 0 saturated carbocycles. The predicted molar refractivity (Wildman–Crippen MR) is 145 cm³/mol. The van der Waals surface area contributed by atoms with Crippen LogP contribution >= 0.6 is 0 Å². The van der Waals surface area contributed by atoms with Gasteiger partial charge in [0.05, 0.1) is 0 Å². The highest BCUT2D eigenvalue weighted by atomic mass is 16.4. The van der Waals surface area contributed by atoms with E-state index in [-0.39, 0.29) is 24.2 Å². The van der Waals surface area contributed by atoms with Crippen LogP contribution in [0.15, 0.2) is 53.2 Å². The van der Waals surface area contributed by atoms with Crippen molar-refractivity contribution in [3.63, 3.8) is 0 Å². The van der Waals surface area contributed by atoms with E-state index in [1.807, 2.05) is 60.2 Å². The molecule has 38 heavy (non-hydrogen) atoms. The van der Waals surface area contributed by atoms with Crippen molar-refractivity contribution >= 4 is 17.5 Å². The van der Waals surface area contributed by atoms with Gasteiger partial charge in [0.15, 0.2) is 0 Å². The molecule has 9 nitrogen and oxygen atoms in total. The molecule has 1 aliphatic heterocycles. The molecule has 1 aromatic carbocycles. The molecule has 2 amide bonds. The number of rotatable bonds is 6. The fraction of sp³-hybridized carbons (Fsp3) is 0.483. The number of hydrogen-bond acceptors (Lipinski definition) is 7. The largest absolute Gasteiger partial charge is 0.425 e. The Morgan fingerprint density at radius 2 is 1.79 bits per heavy atom. The average Bonchev–Trinajstić information content (AvgIpc) is 3.39. The van der Waals surface area contributed by atoms with E-state index in [0.717, 1.165) is 49.3 Å². The molecule has 202 valence electrons. The van der Waals surface area contributed by atoms with Crippen molar-refractivity contribution in [1.82, 2.24) is 25.0 Å². The van der Waals surface area contributed by atoms with Crippen LogP contribution in [0.2, 0.25) is 0 Å². The Morgan fingerprint density at radius 1 is 1.00 bits per heavy atom. The van der Waals surface area contributed by atoms with E-state index in [1.165, 1.54) is 0 Å². The van der Waals surface area contributed by atoms with E-state index >= 15 is 0 Å². The number of fused-ring (bicyclic) bond motifs is 1. The smallest absolute Gasteiger partial charge is 0.223 e. The fourth-order valence-electron chi connectivity index (χ4n) is 4.78. The van der Waals surface area contributed by atoms with Gasteiger partial charge >= 0.3 is 0 Å². The number of nitrogens with zero attached hydrogens (tertiary/aromatic N) is 6. The quantitative estimate of drug-likeness (QED) is 0.483. The van der Waals surface area contributed by atoms with Crippen molar-refractivity contribution in [2.45, 2.75) is 65.5 Å². The molecule has 0 fully saturated rings. The highest BCUT2D eigenvalue weighted by Crippen LogP contribution is 2.24. The minimum atomic E-state index is 0.00328. The van der Waals surface area contributed by atoms with E-state index < -0.39 is 0 Å². The number of aromatic nitrogens is 3. The first-order valence-corrected chi connectivity index (χ1v) is 13.5. The third-order valence-corrected chi connectivity index (χ3v) is 6.79. The van der Waals surface area contributed by atoms with Crippen LogP contribution in [-0.2, 0) is 29.1 Å². The maximum absolute atomic E-state index is 13.5. The summed E-state index contributed by atoms with van der Waals surface area (Å²) in [6.45, 7) is 9.78. The minimum absolute atomic E-state index is 0.00328. The molecule has 0 atom stereocenters. The standard InChI is InChI=1S/C29H38N6O3/c1-22(2)29-32-31-27(38-29)12-13-28(37)34-17-7-15-33(20-24-9-6-14-30-19-24)16-8-18-35(23(3)36)26-11-5-4-10-25(26)21-34/h4-6,9-11,14,19,22H,7-8,12-13,15-18,20-21H2,1-3H3. The summed E-state index contributed by atoms with van der Waals surface area (Å²) in [5.41, 5.74) is 3.00. The molecule has 0 bridgehead atoms. The topological polar surface area (TPSA) is 95.7 Å². The molecule has 2 aromatic heterocycles. The van der Waals surface area contributed by atoms with Gasteiger partial charge in [-0.2, -0.15) is 0 Å². The van der Waals surface area contributed by atoms with Crippen LogP contribution in [0.5, 0.6) is 0 Å². The zero-order chi connectivity index (χ0) is 26.9. The summed E-state index contributed by atoms with van der Waals surface area (Å²) < 4.78 is 5.71. The molecule has 9 heteroatoms. The number of hydrogen-bond donors (Lipinski definition) is 0. The van der Waals surface area contributed by atoms with Crippen LogP contribution in [0, 0.1) is 0 Å². The molecule has 0 unspecified atom stereocenters. The Kier molecular flexibility index (Phi) is 9.59. The second kappa shape index (κ2) is 13.3. The third kappa shape index (κ3) is 7.47. The summed E-state index contributed by atoms with van der Waals surface area (Å²) in [6.07, 6.45) is 6.08. The van der Waals surface area contributed by atoms with E-state index in [2.05, 4.69) is 26.1 Å². The van der Waals surface area contributed by atoms with Gasteiger partial charge < -0.3 is 14.2 Å². The first kappa shape index (κ1) is 27.4. The van der Waals surface area contributed by atoms with Crippen LogP contribution in [0.25, 0.3) is 0 Å². The van der Waals surface area contributed by atoms with Crippen molar-refractivity contribution in [2.24, 2.45) is 0 Å². The second-order valence-electron chi connectivity index (χ2n) is 10.1. The van der Waals surface area contributed by atoms with Crippen molar-refractivity contribution in [2.75, 3.05) is 31.1 Å². The molecular formula is C29H38N6O3. The van der Waals surface area contributed by atoms with E-state index in [1.54, 1.807) is 13.1 Å². The van der Waals surface area contributed by atoms with Crippen LogP contribution in [0.3, 0.4) is 0 Å². The molecule has 3 aromatic rings. The lowest BCUT2D eigenvalue weighted by atomic mass is 10.1. The van der Waals surface area contributed by atoms with Gasteiger partial charge in [0.2, 0.25) is 23.6 Å². The molecule has 1 aliphatic rings. The summed E-state index contributed by atoms with van der Waals surface area (Å²) in [7, 11) is 0. The Bertz CT molecular complexity index is 1200. The van der Waals surface area contributed by atoms with Crippen LogP contribution in [0.1, 0.15) is 68.9 Å². The zero-order valence-electron chi connectivity index (χ0n) is 22.7. The second-order valence-corrected chi connectivity index (χ2v) is 10.1. The molecule has 3 heterocycles. The molecule has 0 spiro atoms. The van der Waals surface area contributed by atoms with E-state index in [9.17, 15) is 9.59 Å². The van der Waals surface area contributed by atoms with Gasteiger partial charge in [-0.3, -0.25) is 19.5 Å². The first-order chi connectivity index (χ1) is 18.4. The van der Waals surface area contributed by atoms with Crippen LogP contribution in [0.4, 0.5) is 5.69 Å². The number of para-hydroxylation sites is 1. The Labute approximate surface area is 224 Å². The number of aryl methyl sites for hydroxylation is 1. The van der Waals surface area contributed by atoms with Gasteiger partial charge in [-0.15, -0.1) is 10.2 Å². The number of carbonyl (C=O) groups is 2. The van der Waals surface area contributed by atoms with Gasteiger partial charge in [-0.05, 0) is 36.1 Å². The van der Waals surface area contributed by atoms with Gasteiger partial charge in [-0.25, -0.2) is 0 Å². The molecule has 0 radical (unpaired) electrons. The lowest BCUT2D eigenvalue weighted by molar-refractivity contribution is -0.132. The normalized spacial score (nSPS) is 15.6. The van der Waals surface area contributed by atoms with Crippen molar-refractivity contribution in [1.29, 1.82) is 0 Å². The summed E-state index contributed by atoms with van der Waals surface area (Å²) in [5.74, 6) is 1.27. The lowest BCUT2D eigenvalue weighted by Gasteiger charge is -2.31. The number of pyridine rings is 1. The van der Waals surface area contributed by atoms with Crippen LogP contribution < -0.4 is 4.90 Å². The van der Waals surface area contributed by atoms with Gasteiger partial charge in [0.25, 0.3) is 0 Å². The van der Waals surface area contributed by atoms with Crippen molar-refractivity contribution in [3.05, 3.63) is 71.7 Å². The Morgan fingerprint density at radius 3 is 2.50 bits per heavy atom. The SMILES string of the molecule is CC(=O)N1CCCN(Cc2cccnc2)CCCN(C(=O)CCc2nnc(C(C)C)o2)Cc2ccccc21. The Hall–Kier alpha value is -3.59. The minimum Gasteiger partial charge on any atom is -0.425 e.